The molecule has 22 heavy (non-hydrogen) atoms. The van der Waals surface area contributed by atoms with Crippen molar-refractivity contribution in [3.63, 3.8) is 0 Å². The highest BCUT2D eigenvalue weighted by molar-refractivity contribution is 7.13. The minimum absolute atomic E-state index is 0.287. The standard InChI is InChI=1S/C16H17FN2O2S/c17-13-6-2-1-5-12(13)15-18-11(10-22-15)9-19-8-4-3-7-14(19)16(20)21/h1-2,5-6,10,14H,3-4,7-9H2,(H,20,21). The first-order chi connectivity index (χ1) is 10.6. The summed E-state index contributed by atoms with van der Waals surface area (Å²) in [6.07, 6.45) is 2.64. The zero-order valence-corrected chi connectivity index (χ0v) is 12.9. The number of hydrogen-bond donors (Lipinski definition) is 1. The van der Waals surface area contributed by atoms with Gasteiger partial charge >= 0.3 is 5.97 Å². The van der Waals surface area contributed by atoms with Crippen LogP contribution in [0.1, 0.15) is 25.0 Å². The fourth-order valence-electron chi connectivity index (χ4n) is 2.81. The Morgan fingerprint density at radius 1 is 1.41 bits per heavy atom. The van der Waals surface area contributed by atoms with E-state index in [1.807, 2.05) is 10.3 Å². The number of piperidine rings is 1. The molecule has 0 spiro atoms. The number of aliphatic carboxylic acids is 1. The van der Waals surface area contributed by atoms with Gasteiger partial charge in [-0.05, 0) is 31.5 Å². The number of carboxylic acid groups (broad SMARTS) is 1. The molecular formula is C16H17FN2O2S. The maximum absolute atomic E-state index is 13.8. The third-order valence-corrected chi connectivity index (χ3v) is 4.84. The predicted octanol–water partition coefficient (Wildman–Crippen LogP) is 3.39. The maximum Gasteiger partial charge on any atom is 0.320 e. The van der Waals surface area contributed by atoms with Crippen molar-refractivity contribution in [1.29, 1.82) is 0 Å². The van der Waals surface area contributed by atoms with Crippen LogP contribution in [0.15, 0.2) is 29.6 Å². The van der Waals surface area contributed by atoms with Crippen molar-refractivity contribution in [1.82, 2.24) is 9.88 Å². The van der Waals surface area contributed by atoms with Crippen LogP contribution >= 0.6 is 11.3 Å². The Morgan fingerprint density at radius 3 is 3.00 bits per heavy atom. The van der Waals surface area contributed by atoms with Gasteiger partial charge in [-0.3, -0.25) is 9.69 Å². The van der Waals surface area contributed by atoms with Crippen molar-refractivity contribution >= 4 is 17.3 Å². The van der Waals surface area contributed by atoms with Crippen LogP contribution in [-0.2, 0) is 11.3 Å². The lowest BCUT2D eigenvalue weighted by atomic mass is 10.0. The number of halogens is 1. The number of thiazole rings is 1. The second-order valence-corrected chi connectivity index (χ2v) is 6.30. The third-order valence-electron chi connectivity index (χ3n) is 3.92. The SMILES string of the molecule is O=C(O)C1CCCCN1Cc1csc(-c2ccccc2F)n1. The molecule has 0 radical (unpaired) electrons. The zero-order valence-electron chi connectivity index (χ0n) is 12.0. The first-order valence-corrected chi connectivity index (χ1v) is 8.19. The predicted molar refractivity (Wildman–Crippen MR) is 83.2 cm³/mol. The molecule has 1 fully saturated rings. The molecule has 0 bridgehead atoms. The highest BCUT2D eigenvalue weighted by Crippen LogP contribution is 2.27. The Kier molecular flexibility index (Phi) is 4.49. The average molecular weight is 320 g/mol. The number of benzene rings is 1. The lowest BCUT2D eigenvalue weighted by Crippen LogP contribution is -2.44. The number of hydrogen-bond acceptors (Lipinski definition) is 4. The molecule has 1 aromatic carbocycles. The number of carboxylic acids is 1. The monoisotopic (exact) mass is 320 g/mol. The van der Waals surface area contributed by atoms with Crippen LogP contribution in [0.3, 0.4) is 0 Å². The Balaban J connectivity index is 1.77. The summed E-state index contributed by atoms with van der Waals surface area (Å²) in [5, 5.41) is 11.8. The highest BCUT2D eigenvalue weighted by atomic mass is 32.1. The molecule has 1 aliphatic rings. The molecule has 1 unspecified atom stereocenters. The number of rotatable bonds is 4. The topological polar surface area (TPSA) is 53.4 Å². The Morgan fingerprint density at radius 2 is 2.23 bits per heavy atom. The summed E-state index contributed by atoms with van der Waals surface area (Å²) in [5.41, 5.74) is 1.29. The lowest BCUT2D eigenvalue weighted by Gasteiger charge is -2.32. The number of carbonyl (C=O) groups is 1. The van der Waals surface area contributed by atoms with Crippen LogP contribution in [0.5, 0.6) is 0 Å². The minimum Gasteiger partial charge on any atom is -0.480 e. The Bertz CT molecular complexity index is 674. The van der Waals surface area contributed by atoms with E-state index in [4.69, 9.17) is 0 Å². The summed E-state index contributed by atoms with van der Waals surface area (Å²) in [5.74, 6) is -1.06. The molecular weight excluding hydrogens is 303 g/mol. The van der Waals surface area contributed by atoms with Crippen molar-refractivity contribution in [2.45, 2.75) is 31.8 Å². The van der Waals surface area contributed by atoms with E-state index in [1.54, 1.807) is 18.2 Å². The van der Waals surface area contributed by atoms with Crippen LogP contribution in [0, 0.1) is 5.82 Å². The van der Waals surface area contributed by atoms with E-state index in [0.717, 1.165) is 25.1 Å². The van der Waals surface area contributed by atoms with Crippen LogP contribution in [-0.4, -0.2) is 33.5 Å². The van der Waals surface area contributed by atoms with Gasteiger partial charge in [0, 0.05) is 17.5 Å². The zero-order chi connectivity index (χ0) is 15.5. The molecule has 1 aliphatic heterocycles. The fourth-order valence-corrected chi connectivity index (χ4v) is 3.64. The van der Waals surface area contributed by atoms with Gasteiger partial charge in [0.05, 0.1) is 5.69 Å². The van der Waals surface area contributed by atoms with Gasteiger partial charge in [0.15, 0.2) is 0 Å². The molecule has 1 saturated heterocycles. The van der Waals surface area contributed by atoms with Crippen molar-refractivity contribution in [3.05, 3.63) is 41.2 Å². The van der Waals surface area contributed by atoms with Gasteiger partial charge in [-0.25, -0.2) is 9.37 Å². The van der Waals surface area contributed by atoms with Crippen molar-refractivity contribution < 1.29 is 14.3 Å². The van der Waals surface area contributed by atoms with Crippen molar-refractivity contribution in [3.8, 4) is 10.6 Å². The van der Waals surface area contributed by atoms with Gasteiger partial charge in [-0.2, -0.15) is 0 Å². The number of likely N-dealkylation sites (tertiary alicyclic amines) is 1. The van der Waals surface area contributed by atoms with E-state index in [1.165, 1.54) is 17.4 Å². The molecule has 0 aliphatic carbocycles. The van der Waals surface area contributed by atoms with E-state index in [2.05, 4.69) is 4.98 Å². The maximum atomic E-state index is 13.8. The summed E-state index contributed by atoms with van der Waals surface area (Å²) in [4.78, 5) is 17.7. The minimum atomic E-state index is -0.774. The molecule has 3 rings (SSSR count). The van der Waals surface area contributed by atoms with Gasteiger partial charge in [-0.15, -0.1) is 11.3 Å². The van der Waals surface area contributed by atoms with Crippen LogP contribution in [0.2, 0.25) is 0 Å². The van der Waals surface area contributed by atoms with E-state index in [-0.39, 0.29) is 5.82 Å². The van der Waals surface area contributed by atoms with Gasteiger partial charge < -0.3 is 5.11 Å². The van der Waals surface area contributed by atoms with E-state index >= 15 is 0 Å². The molecule has 116 valence electrons. The molecule has 6 heteroatoms. The third kappa shape index (κ3) is 3.18. The van der Waals surface area contributed by atoms with Crippen LogP contribution in [0.25, 0.3) is 10.6 Å². The summed E-state index contributed by atoms with van der Waals surface area (Å²) >= 11 is 1.39. The van der Waals surface area contributed by atoms with E-state index in [9.17, 15) is 14.3 Å². The first kappa shape index (κ1) is 15.1. The molecule has 1 N–H and O–H groups in total. The molecule has 1 atom stereocenters. The van der Waals surface area contributed by atoms with Gasteiger partial charge in [0.25, 0.3) is 0 Å². The number of aromatic nitrogens is 1. The largest absolute Gasteiger partial charge is 0.480 e. The molecule has 2 aromatic rings. The number of nitrogens with zero attached hydrogens (tertiary/aromatic N) is 2. The van der Waals surface area contributed by atoms with Crippen molar-refractivity contribution in [2.75, 3.05) is 6.54 Å². The molecule has 1 aromatic heterocycles. The smallest absolute Gasteiger partial charge is 0.320 e. The van der Waals surface area contributed by atoms with E-state index < -0.39 is 12.0 Å². The fraction of sp³-hybridized carbons (Fsp3) is 0.375. The lowest BCUT2D eigenvalue weighted by molar-refractivity contribution is -0.144. The molecule has 0 saturated carbocycles. The molecule has 0 amide bonds. The molecule has 2 heterocycles. The average Bonchev–Trinajstić information content (AvgIpc) is 2.96. The summed E-state index contributed by atoms with van der Waals surface area (Å²) in [6.45, 7) is 1.27. The van der Waals surface area contributed by atoms with E-state index in [0.29, 0.717) is 23.5 Å². The Labute approximate surface area is 132 Å². The molecule has 4 nitrogen and oxygen atoms in total. The second kappa shape index (κ2) is 6.54. The van der Waals surface area contributed by atoms with Crippen LogP contribution in [0.4, 0.5) is 4.39 Å². The highest BCUT2D eigenvalue weighted by Gasteiger charge is 2.28. The second-order valence-electron chi connectivity index (χ2n) is 5.44. The quantitative estimate of drug-likeness (QED) is 0.938. The van der Waals surface area contributed by atoms with Crippen LogP contribution < -0.4 is 0 Å². The first-order valence-electron chi connectivity index (χ1n) is 7.31. The Hall–Kier alpha value is -1.79. The van der Waals surface area contributed by atoms with Gasteiger partial charge in [0.1, 0.15) is 16.9 Å². The van der Waals surface area contributed by atoms with Crippen molar-refractivity contribution in [2.24, 2.45) is 0 Å². The summed E-state index contributed by atoms with van der Waals surface area (Å²) in [6, 6.07) is 6.12. The summed E-state index contributed by atoms with van der Waals surface area (Å²) < 4.78 is 13.8. The normalized spacial score (nSPS) is 19.2. The van der Waals surface area contributed by atoms with Gasteiger partial charge in [-0.1, -0.05) is 18.6 Å². The van der Waals surface area contributed by atoms with Gasteiger partial charge in [0.2, 0.25) is 0 Å². The summed E-state index contributed by atoms with van der Waals surface area (Å²) in [7, 11) is 0.